The van der Waals surface area contributed by atoms with Gasteiger partial charge in [-0.1, -0.05) is 0 Å². The number of anilines is 2. The van der Waals surface area contributed by atoms with Gasteiger partial charge in [0.25, 0.3) is 5.91 Å². The first-order valence-electron chi connectivity index (χ1n) is 9.34. The number of rotatable bonds is 4. The van der Waals surface area contributed by atoms with E-state index >= 15 is 0 Å². The van der Waals surface area contributed by atoms with E-state index in [0.29, 0.717) is 6.20 Å². The van der Waals surface area contributed by atoms with E-state index in [0.717, 1.165) is 6.26 Å². The molecule has 0 radical (unpaired) electrons. The second-order valence-corrected chi connectivity index (χ2v) is 9.41. The van der Waals surface area contributed by atoms with Gasteiger partial charge in [-0.15, -0.1) is 0 Å². The number of alkyl halides is 5. The summed E-state index contributed by atoms with van der Waals surface area (Å²) in [6, 6.07) is 2.54. The van der Waals surface area contributed by atoms with Gasteiger partial charge in [-0.2, -0.15) is 13.2 Å². The van der Waals surface area contributed by atoms with E-state index in [1.54, 1.807) is 0 Å². The zero-order chi connectivity index (χ0) is 23.7. The number of pyridine rings is 1. The van der Waals surface area contributed by atoms with Crippen LogP contribution < -0.4 is 10.2 Å². The molecule has 3 heterocycles. The summed E-state index contributed by atoms with van der Waals surface area (Å²) in [6.45, 7) is -0.307. The number of hydrogen-bond acceptors (Lipinski definition) is 7. The van der Waals surface area contributed by atoms with Crippen molar-refractivity contribution in [3.05, 3.63) is 35.9 Å². The Bertz CT molecular complexity index is 1120. The van der Waals surface area contributed by atoms with Gasteiger partial charge < -0.3 is 10.2 Å². The maximum Gasteiger partial charge on any atom is 0.451 e. The smallest absolute Gasteiger partial charge is 0.356 e. The first-order valence-corrected chi connectivity index (χ1v) is 11.3. The standard InChI is InChI=1S/C18H19F5N6O2S/c1-32(24,31)13-9-11(3-6-25-13)27-15(30)12-10-26-16(18(21,22)23)28-14(12)29-7-2-4-17(19,20)5-8-29/h3,6,9-10,24H,2,4-5,7-8H2,1H3,(H,25,27,30). The van der Waals surface area contributed by atoms with E-state index in [1.807, 2.05) is 0 Å². The van der Waals surface area contributed by atoms with Gasteiger partial charge in [0.1, 0.15) is 16.4 Å². The van der Waals surface area contributed by atoms with Crippen molar-refractivity contribution in [1.82, 2.24) is 15.0 Å². The third-order valence-electron chi connectivity index (χ3n) is 4.68. The Morgan fingerprint density at radius 2 is 1.97 bits per heavy atom. The molecule has 2 N–H and O–H groups in total. The summed E-state index contributed by atoms with van der Waals surface area (Å²) in [5, 5.41) is 2.31. The molecule has 0 spiro atoms. The molecule has 0 aromatic carbocycles. The Hall–Kier alpha value is -2.90. The Morgan fingerprint density at radius 3 is 2.62 bits per heavy atom. The zero-order valence-electron chi connectivity index (χ0n) is 16.7. The Labute approximate surface area is 180 Å². The van der Waals surface area contributed by atoms with Crippen molar-refractivity contribution >= 4 is 27.1 Å². The van der Waals surface area contributed by atoms with Crippen molar-refractivity contribution in [2.24, 2.45) is 0 Å². The van der Waals surface area contributed by atoms with Crippen LogP contribution in [0.25, 0.3) is 0 Å². The van der Waals surface area contributed by atoms with Crippen molar-refractivity contribution in [2.45, 2.75) is 36.4 Å². The highest BCUT2D eigenvalue weighted by molar-refractivity contribution is 7.91. The summed E-state index contributed by atoms with van der Waals surface area (Å²) >= 11 is 0. The third kappa shape index (κ3) is 5.66. The summed E-state index contributed by atoms with van der Waals surface area (Å²) in [5.74, 6) is -5.76. The van der Waals surface area contributed by atoms with E-state index < -0.39 is 52.2 Å². The lowest BCUT2D eigenvalue weighted by Gasteiger charge is -2.24. The second-order valence-electron chi connectivity index (χ2n) is 7.31. The molecule has 1 saturated heterocycles. The van der Waals surface area contributed by atoms with Crippen LogP contribution in [0.15, 0.2) is 29.6 Å². The molecule has 2 aromatic rings. The molecule has 0 saturated carbocycles. The molecular formula is C18H19F5N6O2S. The predicted octanol–water partition coefficient (Wildman–Crippen LogP) is 3.80. The number of aromatic nitrogens is 3. The van der Waals surface area contributed by atoms with Crippen LogP contribution >= 0.6 is 0 Å². The number of carbonyl (C=O) groups excluding carboxylic acids is 1. The topological polar surface area (TPSA) is 112 Å². The highest BCUT2D eigenvalue weighted by Crippen LogP contribution is 2.33. The van der Waals surface area contributed by atoms with Crippen molar-refractivity contribution in [2.75, 3.05) is 29.6 Å². The van der Waals surface area contributed by atoms with E-state index in [9.17, 15) is 31.0 Å². The van der Waals surface area contributed by atoms with Crippen LogP contribution in [0, 0.1) is 4.78 Å². The summed E-state index contributed by atoms with van der Waals surface area (Å²) in [6.07, 6.45) is -2.87. The fourth-order valence-corrected chi connectivity index (χ4v) is 3.70. The molecule has 8 nitrogen and oxygen atoms in total. The van der Waals surface area contributed by atoms with Crippen LogP contribution in [-0.4, -0.2) is 50.3 Å². The summed E-state index contributed by atoms with van der Waals surface area (Å²) in [4.78, 5) is 24.5. The minimum atomic E-state index is -4.89. The number of hydrogen-bond donors (Lipinski definition) is 2. The Morgan fingerprint density at radius 1 is 1.25 bits per heavy atom. The van der Waals surface area contributed by atoms with Gasteiger partial charge in [0.15, 0.2) is 0 Å². The third-order valence-corrected chi connectivity index (χ3v) is 5.70. The van der Waals surface area contributed by atoms with Crippen LogP contribution in [0.2, 0.25) is 0 Å². The van der Waals surface area contributed by atoms with E-state index in [1.165, 1.54) is 23.2 Å². The molecule has 0 bridgehead atoms. The second kappa shape index (κ2) is 8.56. The average molecular weight is 478 g/mol. The molecule has 14 heteroatoms. The molecule has 1 aliphatic rings. The molecule has 32 heavy (non-hydrogen) atoms. The number of nitrogens with one attached hydrogen (secondary N) is 2. The highest BCUT2D eigenvalue weighted by atomic mass is 32.2. The normalized spacial score (nSPS) is 18.5. The largest absolute Gasteiger partial charge is 0.451 e. The summed E-state index contributed by atoms with van der Waals surface area (Å²) in [5.41, 5.74) is -0.250. The first-order chi connectivity index (χ1) is 14.8. The van der Waals surface area contributed by atoms with Crippen molar-refractivity contribution in [1.29, 1.82) is 4.78 Å². The lowest BCUT2D eigenvalue weighted by Crippen LogP contribution is -2.30. The van der Waals surface area contributed by atoms with Gasteiger partial charge >= 0.3 is 6.18 Å². The lowest BCUT2D eigenvalue weighted by atomic mass is 10.1. The summed E-state index contributed by atoms with van der Waals surface area (Å²) in [7, 11) is -3.18. The van der Waals surface area contributed by atoms with Gasteiger partial charge in [-0.25, -0.2) is 32.7 Å². The monoisotopic (exact) mass is 478 g/mol. The van der Waals surface area contributed by atoms with Crippen molar-refractivity contribution in [3.8, 4) is 0 Å². The fourth-order valence-electron chi connectivity index (χ4n) is 3.08. The highest BCUT2D eigenvalue weighted by Gasteiger charge is 2.38. The molecule has 3 rings (SSSR count). The molecule has 2 aromatic heterocycles. The fraction of sp³-hybridized carbons (Fsp3) is 0.444. The minimum absolute atomic E-state index is 0.00148. The maximum absolute atomic E-state index is 13.7. The SMILES string of the molecule is CS(=N)(=O)c1cc(NC(=O)c2cnc(C(F)(F)F)nc2N2CCCC(F)(F)CC2)ccn1. The van der Waals surface area contributed by atoms with Gasteiger partial charge in [0.2, 0.25) is 11.7 Å². The van der Waals surface area contributed by atoms with Crippen molar-refractivity contribution in [3.63, 3.8) is 0 Å². The minimum Gasteiger partial charge on any atom is -0.356 e. The molecule has 0 aliphatic carbocycles. The van der Waals surface area contributed by atoms with Crippen LogP contribution in [0.4, 0.5) is 33.5 Å². The number of carbonyl (C=O) groups is 1. The number of nitrogens with zero attached hydrogens (tertiary/aromatic N) is 4. The average Bonchev–Trinajstić information content (AvgIpc) is 2.87. The Kier molecular flexibility index (Phi) is 6.36. The zero-order valence-corrected chi connectivity index (χ0v) is 17.6. The van der Waals surface area contributed by atoms with E-state index in [4.69, 9.17) is 4.78 Å². The molecule has 1 atom stereocenters. The molecule has 1 amide bonds. The molecule has 1 aliphatic heterocycles. The molecule has 1 fully saturated rings. The van der Waals surface area contributed by atoms with E-state index in [2.05, 4.69) is 20.3 Å². The maximum atomic E-state index is 13.7. The van der Waals surface area contributed by atoms with E-state index in [-0.39, 0.29) is 35.8 Å². The predicted molar refractivity (Wildman–Crippen MR) is 105 cm³/mol. The summed E-state index contributed by atoms with van der Waals surface area (Å²) < 4.78 is 86.4. The quantitative estimate of drug-likeness (QED) is 0.647. The number of amides is 1. The van der Waals surface area contributed by atoms with Crippen LogP contribution in [0.1, 0.15) is 35.4 Å². The van der Waals surface area contributed by atoms with Gasteiger partial charge in [-0.05, 0) is 18.6 Å². The van der Waals surface area contributed by atoms with Gasteiger partial charge in [-0.3, -0.25) is 4.79 Å². The van der Waals surface area contributed by atoms with Crippen LogP contribution in [0.5, 0.6) is 0 Å². The van der Waals surface area contributed by atoms with Crippen molar-refractivity contribution < 1.29 is 31.0 Å². The van der Waals surface area contributed by atoms with Crippen LogP contribution in [-0.2, 0) is 15.9 Å². The number of halogens is 5. The first kappa shape index (κ1) is 23.8. The lowest BCUT2D eigenvalue weighted by molar-refractivity contribution is -0.144. The molecule has 1 unspecified atom stereocenters. The van der Waals surface area contributed by atoms with Gasteiger partial charge in [0.05, 0.1) is 9.73 Å². The Balaban J connectivity index is 1.97. The molecular weight excluding hydrogens is 459 g/mol. The molecule has 174 valence electrons. The van der Waals surface area contributed by atoms with Crippen LogP contribution in [0.3, 0.4) is 0 Å². The van der Waals surface area contributed by atoms with Gasteiger partial charge in [0, 0.05) is 50.3 Å².